The molecule has 1 aromatic heterocycles. The maximum absolute atomic E-state index is 12.9. The zero-order valence-corrected chi connectivity index (χ0v) is 17.0. The summed E-state index contributed by atoms with van der Waals surface area (Å²) >= 11 is 1.71. The number of carbonyl (C=O) groups is 1. The van der Waals surface area contributed by atoms with Crippen molar-refractivity contribution in [1.29, 1.82) is 0 Å². The molecule has 0 spiro atoms. The van der Waals surface area contributed by atoms with E-state index >= 15 is 0 Å². The Labute approximate surface area is 169 Å². The number of anilines is 1. The number of hydrogen-bond acceptors (Lipinski definition) is 4. The molecular formula is C23H24N2O2S. The van der Waals surface area contributed by atoms with Crippen molar-refractivity contribution < 1.29 is 9.53 Å². The lowest BCUT2D eigenvalue weighted by atomic mass is 9.90. The molecule has 4 rings (SSSR count). The molecule has 0 bridgehead atoms. The first-order valence-corrected chi connectivity index (χ1v) is 10.5. The third kappa shape index (κ3) is 4.09. The van der Waals surface area contributed by atoms with Crippen LogP contribution in [-0.2, 0) is 17.6 Å². The van der Waals surface area contributed by atoms with Gasteiger partial charge in [0.1, 0.15) is 10.8 Å². The molecule has 0 fully saturated rings. The van der Waals surface area contributed by atoms with Gasteiger partial charge in [-0.15, -0.1) is 11.3 Å². The average Bonchev–Trinajstić information content (AvgIpc) is 3.13. The van der Waals surface area contributed by atoms with E-state index in [9.17, 15) is 4.79 Å². The molecule has 1 amide bonds. The van der Waals surface area contributed by atoms with Crippen LogP contribution in [0.1, 0.15) is 30.8 Å². The second kappa shape index (κ2) is 8.15. The first-order valence-electron chi connectivity index (χ1n) is 9.70. The summed E-state index contributed by atoms with van der Waals surface area (Å²) in [5.41, 5.74) is 3.03. The van der Waals surface area contributed by atoms with E-state index in [0.717, 1.165) is 41.2 Å². The zero-order valence-electron chi connectivity index (χ0n) is 16.1. The van der Waals surface area contributed by atoms with Gasteiger partial charge >= 0.3 is 0 Å². The molecule has 0 aliphatic heterocycles. The number of rotatable bonds is 5. The van der Waals surface area contributed by atoms with Gasteiger partial charge in [-0.05, 0) is 45.2 Å². The number of aryl methyl sites for hydroxylation is 1. The molecule has 1 heterocycles. The van der Waals surface area contributed by atoms with Crippen LogP contribution in [-0.4, -0.2) is 17.0 Å². The normalized spacial score (nSPS) is 15.9. The first-order chi connectivity index (χ1) is 13.6. The maximum Gasteiger partial charge on any atom is 0.227 e. The van der Waals surface area contributed by atoms with Crippen LogP contribution < -0.4 is 10.1 Å². The Bertz CT molecular complexity index is 966. The summed E-state index contributed by atoms with van der Waals surface area (Å²) in [6.45, 7) is 3.96. The molecule has 4 nitrogen and oxygen atoms in total. The van der Waals surface area contributed by atoms with Gasteiger partial charge in [0.15, 0.2) is 0 Å². The van der Waals surface area contributed by atoms with E-state index in [1.807, 2.05) is 56.3 Å². The predicted octanol–water partition coefficient (Wildman–Crippen LogP) is 5.34. The van der Waals surface area contributed by atoms with Gasteiger partial charge in [-0.3, -0.25) is 4.79 Å². The quantitative estimate of drug-likeness (QED) is 0.637. The fraction of sp³-hybridized carbons (Fsp3) is 0.304. The molecular weight excluding hydrogens is 368 g/mol. The second-order valence-corrected chi connectivity index (χ2v) is 8.43. The van der Waals surface area contributed by atoms with E-state index < -0.39 is 0 Å². The zero-order chi connectivity index (χ0) is 19.5. The maximum atomic E-state index is 12.9. The van der Waals surface area contributed by atoms with Gasteiger partial charge in [-0.1, -0.05) is 42.5 Å². The van der Waals surface area contributed by atoms with Crippen molar-refractivity contribution in [2.24, 2.45) is 5.92 Å². The monoisotopic (exact) mass is 392 g/mol. The highest BCUT2D eigenvalue weighted by Gasteiger charge is 2.28. The van der Waals surface area contributed by atoms with E-state index in [4.69, 9.17) is 9.72 Å². The smallest absolute Gasteiger partial charge is 0.227 e. The molecule has 144 valence electrons. The number of nitrogens with one attached hydrogen (secondary N) is 1. The summed E-state index contributed by atoms with van der Waals surface area (Å²) in [5.74, 6) is 0.732. The number of benzene rings is 2. The average molecular weight is 393 g/mol. The number of para-hydroxylation sites is 2. The lowest BCUT2D eigenvalue weighted by Crippen LogP contribution is -2.28. The molecule has 28 heavy (non-hydrogen) atoms. The van der Waals surface area contributed by atoms with Crippen molar-refractivity contribution in [2.75, 3.05) is 5.32 Å². The Morgan fingerprint density at radius 2 is 1.89 bits per heavy atom. The van der Waals surface area contributed by atoms with Crippen molar-refractivity contribution in [1.82, 2.24) is 4.98 Å². The van der Waals surface area contributed by atoms with E-state index in [2.05, 4.69) is 17.4 Å². The summed E-state index contributed by atoms with van der Waals surface area (Å²) in [6, 6.07) is 17.9. The molecule has 0 saturated heterocycles. The minimum absolute atomic E-state index is 0.0383. The Hall–Kier alpha value is -2.66. The summed E-state index contributed by atoms with van der Waals surface area (Å²) in [5, 5.41) is 4.12. The number of amides is 1. The fourth-order valence-corrected chi connectivity index (χ4v) is 4.66. The summed E-state index contributed by atoms with van der Waals surface area (Å²) in [4.78, 5) is 19.0. The Balaban J connectivity index is 1.48. The second-order valence-electron chi connectivity index (χ2n) is 7.35. The van der Waals surface area contributed by atoms with Crippen molar-refractivity contribution in [3.05, 3.63) is 65.2 Å². The summed E-state index contributed by atoms with van der Waals surface area (Å²) in [6.07, 6.45) is 2.48. The largest absolute Gasteiger partial charge is 0.489 e. The number of nitrogens with zero attached hydrogens (tertiary/aromatic N) is 1. The number of hydrogen-bond donors (Lipinski definition) is 1. The van der Waals surface area contributed by atoms with Crippen LogP contribution in [0.3, 0.4) is 0 Å². The van der Waals surface area contributed by atoms with Gasteiger partial charge < -0.3 is 10.1 Å². The molecule has 1 unspecified atom stereocenters. The number of aromatic nitrogens is 1. The minimum Gasteiger partial charge on any atom is -0.489 e. The third-order valence-electron chi connectivity index (χ3n) is 4.84. The van der Waals surface area contributed by atoms with Crippen molar-refractivity contribution in [2.45, 2.75) is 39.2 Å². The van der Waals surface area contributed by atoms with Crippen LogP contribution in [0, 0.1) is 5.92 Å². The van der Waals surface area contributed by atoms with Gasteiger partial charge in [-0.25, -0.2) is 4.98 Å². The lowest BCUT2D eigenvalue weighted by Gasteiger charge is -2.21. The van der Waals surface area contributed by atoms with Crippen LogP contribution in [0.15, 0.2) is 54.6 Å². The van der Waals surface area contributed by atoms with Gasteiger partial charge in [-0.2, -0.15) is 0 Å². The standard InChI is InChI=1S/C23H24N2O2S/c1-15(2)27-20-11-7-6-10-18(20)24-22(26)17-12-13-19-21(14-17)28-23(25-19)16-8-4-3-5-9-16/h3-11,15,17H,12-14H2,1-2H3,(H,24,26). The molecule has 1 N–H and O–H groups in total. The van der Waals surface area contributed by atoms with Crippen LogP contribution >= 0.6 is 11.3 Å². The Morgan fingerprint density at radius 3 is 2.68 bits per heavy atom. The van der Waals surface area contributed by atoms with Gasteiger partial charge in [0.2, 0.25) is 5.91 Å². The van der Waals surface area contributed by atoms with E-state index in [0.29, 0.717) is 5.75 Å². The van der Waals surface area contributed by atoms with Crippen molar-refractivity contribution in [3.63, 3.8) is 0 Å². The number of fused-ring (bicyclic) bond motifs is 1. The first kappa shape index (κ1) is 18.7. The molecule has 1 aliphatic rings. The third-order valence-corrected chi connectivity index (χ3v) is 6.01. The van der Waals surface area contributed by atoms with Gasteiger partial charge in [0, 0.05) is 16.4 Å². The van der Waals surface area contributed by atoms with Crippen LogP contribution in [0.5, 0.6) is 5.75 Å². The molecule has 5 heteroatoms. The number of thiazole rings is 1. The highest BCUT2D eigenvalue weighted by molar-refractivity contribution is 7.15. The van der Waals surface area contributed by atoms with Gasteiger partial charge in [0.05, 0.1) is 17.5 Å². The Kier molecular flexibility index (Phi) is 5.44. The molecule has 0 radical (unpaired) electrons. The highest BCUT2D eigenvalue weighted by Crippen LogP contribution is 2.35. The highest BCUT2D eigenvalue weighted by atomic mass is 32.1. The van der Waals surface area contributed by atoms with Gasteiger partial charge in [0.25, 0.3) is 0 Å². The topological polar surface area (TPSA) is 51.2 Å². The number of ether oxygens (including phenoxy) is 1. The summed E-state index contributed by atoms with van der Waals surface area (Å²) < 4.78 is 5.82. The molecule has 2 aromatic carbocycles. The fourth-order valence-electron chi connectivity index (χ4n) is 3.46. The van der Waals surface area contributed by atoms with Crippen LogP contribution in [0.25, 0.3) is 10.6 Å². The minimum atomic E-state index is -0.0383. The molecule has 1 aliphatic carbocycles. The van der Waals surface area contributed by atoms with Crippen LogP contribution in [0.4, 0.5) is 5.69 Å². The summed E-state index contributed by atoms with van der Waals surface area (Å²) in [7, 11) is 0. The van der Waals surface area contributed by atoms with E-state index in [1.165, 1.54) is 4.88 Å². The van der Waals surface area contributed by atoms with Crippen LogP contribution in [0.2, 0.25) is 0 Å². The molecule has 1 atom stereocenters. The molecule has 0 saturated carbocycles. The van der Waals surface area contributed by atoms with E-state index in [-0.39, 0.29) is 17.9 Å². The Morgan fingerprint density at radius 1 is 1.14 bits per heavy atom. The molecule has 3 aromatic rings. The predicted molar refractivity (Wildman–Crippen MR) is 114 cm³/mol. The SMILES string of the molecule is CC(C)Oc1ccccc1NC(=O)C1CCc2nc(-c3ccccc3)sc2C1. The van der Waals surface area contributed by atoms with E-state index in [1.54, 1.807) is 11.3 Å². The van der Waals surface area contributed by atoms with Crippen molar-refractivity contribution >= 4 is 22.9 Å². The lowest BCUT2D eigenvalue weighted by molar-refractivity contribution is -0.120. The van der Waals surface area contributed by atoms with Crippen molar-refractivity contribution in [3.8, 4) is 16.3 Å². The number of carbonyl (C=O) groups excluding carboxylic acids is 1.